The van der Waals surface area contributed by atoms with Crippen molar-refractivity contribution in [2.75, 3.05) is 19.6 Å². The second kappa shape index (κ2) is 7.15. The van der Waals surface area contributed by atoms with Gasteiger partial charge in [-0.15, -0.1) is 0 Å². The molecule has 1 aromatic rings. The van der Waals surface area contributed by atoms with Gasteiger partial charge in [0.25, 0.3) is 0 Å². The molecule has 0 radical (unpaired) electrons. The number of halogens is 3. The molecule has 0 aliphatic carbocycles. The van der Waals surface area contributed by atoms with E-state index in [9.17, 15) is 8.42 Å². The molecule has 2 rings (SSSR count). The van der Waals surface area contributed by atoms with Crippen LogP contribution in [-0.2, 0) is 10.0 Å². The molecule has 0 aromatic heterocycles. The lowest BCUT2D eigenvalue weighted by Gasteiger charge is -2.25. The van der Waals surface area contributed by atoms with E-state index >= 15 is 0 Å². The van der Waals surface area contributed by atoms with Crippen molar-refractivity contribution >= 4 is 49.2 Å². The van der Waals surface area contributed by atoms with Crippen LogP contribution >= 0.6 is 39.1 Å². The molecule has 0 saturated carbocycles. The first-order chi connectivity index (χ1) is 9.86. The van der Waals surface area contributed by atoms with Gasteiger partial charge >= 0.3 is 0 Å². The predicted octanol–water partition coefficient (Wildman–Crippen LogP) is 3.52. The average molecular weight is 416 g/mol. The summed E-state index contributed by atoms with van der Waals surface area (Å²) in [6, 6.07) is 3.27. The van der Waals surface area contributed by atoms with Crippen molar-refractivity contribution in [1.29, 1.82) is 0 Å². The molecule has 1 aliphatic heterocycles. The highest BCUT2D eigenvalue weighted by atomic mass is 79.9. The second-order valence-electron chi connectivity index (χ2n) is 4.95. The molecule has 1 aliphatic rings. The van der Waals surface area contributed by atoms with E-state index in [1.807, 2.05) is 6.92 Å². The molecule has 1 unspecified atom stereocenters. The first-order valence-electron chi connectivity index (χ1n) is 6.74. The molecule has 4 nitrogen and oxygen atoms in total. The van der Waals surface area contributed by atoms with Crippen LogP contribution < -0.4 is 5.32 Å². The molecule has 1 fully saturated rings. The Kier molecular flexibility index (Phi) is 5.96. The van der Waals surface area contributed by atoms with Crippen molar-refractivity contribution in [3.63, 3.8) is 0 Å². The maximum absolute atomic E-state index is 12.8. The Hall–Kier alpha value is 0.150. The summed E-state index contributed by atoms with van der Waals surface area (Å²) in [6.07, 6.45) is 2.05. The summed E-state index contributed by atoms with van der Waals surface area (Å²) in [4.78, 5) is -0.0196. The zero-order valence-corrected chi connectivity index (χ0v) is 15.5. The molecule has 1 N–H and O–H groups in total. The molecule has 0 bridgehead atoms. The number of nitrogens with one attached hydrogen (secondary N) is 1. The number of rotatable bonds is 5. The highest BCUT2D eigenvalue weighted by Gasteiger charge is 2.31. The van der Waals surface area contributed by atoms with Crippen LogP contribution in [0, 0.1) is 0 Å². The standard InChI is InChI=1S/C13H17BrCl2N2O2S/c1-2-18(8-10-4-3-5-17-10)21(19,20)13-11(15)6-9(14)7-12(13)16/h6-7,10,17H,2-5,8H2,1H3. The van der Waals surface area contributed by atoms with Gasteiger partial charge in [-0.2, -0.15) is 4.31 Å². The van der Waals surface area contributed by atoms with Gasteiger partial charge in [0.15, 0.2) is 0 Å². The SMILES string of the molecule is CCN(CC1CCCN1)S(=O)(=O)c1c(Cl)cc(Br)cc1Cl. The van der Waals surface area contributed by atoms with Crippen LogP contribution in [0.1, 0.15) is 19.8 Å². The number of hydrogen-bond acceptors (Lipinski definition) is 3. The molecule has 0 amide bonds. The average Bonchev–Trinajstić information content (AvgIpc) is 2.86. The lowest BCUT2D eigenvalue weighted by molar-refractivity contribution is 0.383. The molecule has 1 aromatic carbocycles. The van der Waals surface area contributed by atoms with E-state index in [-0.39, 0.29) is 21.0 Å². The molecule has 8 heteroatoms. The number of nitrogens with zero attached hydrogens (tertiary/aromatic N) is 1. The van der Waals surface area contributed by atoms with Crippen LogP contribution in [0.5, 0.6) is 0 Å². The highest BCUT2D eigenvalue weighted by Crippen LogP contribution is 2.34. The van der Waals surface area contributed by atoms with E-state index in [1.54, 1.807) is 12.1 Å². The van der Waals surface area contributed by atoms with Crippen LogP contribution in [0.3, 0.4) is 0 Å². The van der Waals surface area contributed by atoms with Crippen molar-refractivity contribution in [2.45, 2.75) is 30.7 Å². The fourth-order valence-corrected chi connectivity index (χ4v) is 5.84. The summed E-state index contributed by atoms with van der Waals surface area (Å²) in [7, 11) is -3.71. The number of sulfonamides is 1. The van der Waals surface area contributed by atoms with Crippen molar-refractivity contribution in [3.8, 4) is 0 Å². The predicted molar refractivity (Wildman–Crippen MR) is 89.6 cm³/mol. The minimum absolute atomic E-state index is 0.0196. The molecule has 21 heavy (non-hydrogen) atoms. The van der Waals surface area contributed by atoms with Crippen molar-refractivity contribution in [2.24, 2.45) is 0 Å². The molecular weight excluding hydrogens is 399 g/mol. The molecule has 1 saturated heterocycles. The van der Waals surface area contributed by atoms with Crippen LogP contribution in [0.15, 0.2) is 21.5 Å². The van der Waals surface area contributed by atoms with Gasteiger partial charge in [0, 0.05) is 23.6 Å². The van der Waals surface area contributed by atoms with Gasteiger partial charge in [0.05, 0.1) is 10.0 Å². The van der Waals surface area contributed by atoms with Crippen molar-refractivity contribution in [1.82, 2.24) is 9.62 Å². The van der Waals surface area contributed by atoms with Gasteiger partial charge in [0.1, 0.15) is 4.90 Å². The summed E-state index contributed by atoms with van der Waals surface area (Å²) in [5, 5.41) is 3.57. The fourth-order valence-electron chi connectivity index (χ4n) is 2.46. The quantitative estimate of drug-likeness (QED) is 0.800. The summed E-state index contributed by atoms with van der Waals surface area (Å²) < 4.78 is 27.7. The molecular formula is C13H17BrCl2N2O2S. The molecule has 1 atom stereocenters. The van der Waals surface area contributed by atoms with Gasteiger partial charge in [-0.05, 0) is 31.5 Å². The van der Waals surface area contributed by atoms with Crippen LogP contribution in [-0.4, -0.2) is 38.4 Å². The third kappa shape index (κ3) is 3.92. The largest absolute Gasteiger partial charge is 0.313 e. The molecule has 1 heterocycles. The van der Waals surface area contributed by atoms with Crippen molar-refractivity contribution in [3.05, 3.63) is 26.7 Å². The Morgan fingerprint density at radius 1 is 1.38 bits per heavy atom. The normalized spacial score (nSPS) is 19.4. The third-order valence-corrected chi connectivity index (χ3v) is 6.82. The van der Waals surface area contributed by atoms with Gasteiger partial charge in [-0.3, -0.25) is 0 Å². The van der Waals surface area contributed by atoms with E-state index in [0.717, 1.165) is 19.4 Å². The highest BCUT2D eigenvalue weighted by molar-refractivity contribution is 9.10. The van der Waals surface area contributed by atoms with Gasteiger partial charge < -0.3 is 5.32 Å². The molecule has 0 spiro atoms. The maximum atomic E-state index is 12.8. The number of hydrogen-bond donors (Lipinski definition) is 1. The van der Waals surface area contributed by atoms with Gasteiger partial charge in [-0.1, -0.05) is 46.1 Å². The number of likely N-dealkylation sites (N-methyl/N-ethyl adjacent to an activating group) is 1. The fraction of sp³-hybridized carbons (Fsp3) is 0.538. The summed E-state index contributed by atoms with van der Waals surface area (Å²) in [5.74, 6) is 0. The minimum Gasteiger partial charge on any atom is -0.313 e. The van der Waals surface area contributed by atoms with E-state index in [2.05, 4.69) is 21.2 Å². The first-order valence-corrected chi connectivity index (χ1v) is 9.73. The topological polar surface area (TPSA) is 49.4 Å². The Balaban J connectivity index is 2.35. The lowest BCUT2D eigenvalue weighted by Crippen LogP contribution is -2.41. The third-order valence-electron chi connectivity index (χ3n) is 3.50. The Labute approximate surface area is 144 Å². The Morgan fingerprint density at radius 3 is 2.48 bits per heavy atom. The van der Waals surface area contributed by atoms with Crippen molar-refractivity contribution < 1.29 is 8.42 Å². The summed E-state index contributed by atoms with van der Waals surface area (Å²) in [5.41, 5.74) is 0. The Bertz CT molecular complexity index is 596. The van der Waals surface area contributed by atoms with E-state index < -0.39 is 10.0 Å². The van der Waals surface area contributed by atoms with Gasteiger partial charge in [0.2, 0.25) is 10.0 Å². The summed E-state index contributed by atoms with van der Waals surface area (Å²) in [6.45, 7) is 3.56. The second-order valence-corrected chi connectivity index (χ2v) is 8.55. The van der Waals surface area contributed by atoms with E-state index in [1.165, 1.54) is 4.31 Å². The monoisotopic (exact) mass is 414 g/mol. The maximum Gasteiger partial charge on any atom is 0.246 e. The Morgan fingerprint density at radius 2 is 2.00 bits per heavy atom. The van der Waals surface area contributed by atoms with E-state index in [0.29, 0.717) is 17.6 Å². The smallest absolute Gasteiger partial charge is 0.246 e. The van der Waals surface area contributed by atoms with Crippen LogP contribution in [0.2, 0.25) is 10.0 Å². The van der Waals surface area contributed by atoms with E-state index in [4.69, 9.17) is 23.2 Å². The van der Waals surface area contributed by atoms with Crippen LogP contribution in [0.4, 0.5) is 0 Å². The van der Waals surface area contributed by atoms with Crippen LogP contribution in [0.25, 0.3) is 0 Å². The first kappa shape index (κ1) is 17.5. The minimum atomic E-state index is -3.71. The zero-order chi connectivity index (χ0) is 15.6. The lowest BCUT2D eigenvalue weighted by atomic mass is 10.2. The zero-order valence-electron chi connectivity index (χ0n) is 11.6. The van der Waals surface area contributed by atoms with Gasteiger partial charge in [-0.25, -0.2) is 8.42 Å². The summed E-state index contributed by atoms with van der Waals surface area (Å²) >= 11 is 15.5. The number of benzene rings is 1. The molecule has 118 valence electrons.